The largest absolute Gasteiger partial charge is 0.391 e. The summed E-state index contributed by atoms with van der Waals surface area (Å²) in [5.74, 6) is 0. The van der Waals surface area contributed by atoms with Crippen LogP contribution in [0.2, 0.25) is 0 Å². The molecule has 0 aromatic rings. The molecule has 0 bridgehead atoms. The number of aliphatic hydroxyl groups excluding tert-OH is 1. The van der Waals surface area contributed by atoms with Gasteiger partial charge in [0, 0.05) is 6.54 Å². The zero-order valence-electron chi connectivity index (χ0n) is 10.0. The Morgan fingerprint density at radius 3 is 2.74 bits per heavy atom. The van der Waals surface area contributed by atoms with Crippen LogP contribution in [0.4, 0.5) is 17.6 Å². The third-order valence-corrected chi connectivity index (χ3v) is 3.97. The first-order chi connectivity index (χ1) is 8.81. The number of ether oxygens (including phenoxy) is 1. The molecular weight excluding hydrogens is 288 g/mol. The quantitative estimate of drug-likeness (QED) is 0.758. The highest BCUT2D eigenvalue weighted by Crippen LogP contribution is 2.39. The molecule has 5 atom stereocenters. The zero-order valence-corrected chi connectivity index (χ0v) is 10.8. The van der Waals surface area contributed by atoms with Crippen molar-refractivity contribution in [2.24, 2.45) is 4.99 Å². The molecule has 2 heterocycles. The second-order valence-corrected chi connectivity index (χ2v) is 5.46. The van der Waals surface area contributed by atoms with Crippen molar-refractivity contribution in [2.45, 2.75) is 49.4 Å². The summed E-state index contributed by atoms with van der Waals surface area (Å²) in [6.45, 7) is 2.39. The van der Waals surface area contributed by atoms with Crippen LogP contribution in [0, 0.1) is 0 Å². The van der Waals surface area contributed by atoms with Crippen LogP contribution in [-0.4, -0.2) is 52.9 Å². The summed E-state index contributed by atoms with van der Waals surface area (Å²) < 4.78 is 56.0. The molecule has 0 amide bonds. The smallest absolute Gasteiger partial charge is 0.387 e. The van der Waals surface area contributed by atoms with Crippen molar-refractivity contribution in [1.29, 1.82) is 0 Å². The maximum atomic E-state index is 13.9. The third-order valence-electron chi connectivity index (χ3n) is 2.88. The van der Waals surface area contributed by atoms with E-state index in [1.54, 1.807) is 0 Å². The number of hydrogen-bond donors (Lipinski definition) is 2. The normalized spacial score (nSPS) is 38.8. The van der Waals surface area contributed by atoms with E-state index in [1.807, 2.05) is 6.92 Å². The Labute approximate surface area is 111 Å². The molecule has 110 valence electrons. The van der Waals surface area contributed by atoms with Crippen LogP contribution >= 0.6 is 11.8 Å². The van der Waals surface area contributed by atoms with E-state index in [0.29, 0.717) is 11.7 Å². The van der Waals surface area contributed by atoms with Crippen LogP contribution in [0.15, 0.2) is 4.99 Å². The fourth-order valence-electron chi connectivity index (χ4n) is 2.03. The van der Waals surface area contributed by atoms with E-state index in [-0.39, 0.29) is 0 Å². The standard InChI is InChI=1S/C10H14F4N2O2S/c1-2-15-9-16-6-5(11)7(17)4(3-10(12,13)14)18-8(6)19-9/h4-8,17H,2-3H2,1H3,(H,15,16)/t4-,5+,6-,7-,8-/m1/s1. The molecule has 0 unspecified atom stereocenters. The van der Waals surface area contributed by atoms with E-state index in [9.17, 15) is 22.7 Å². The summed E-state index contributed by atoms with van der Waals surface area (Å²) >= 11 is 1.05. The van der Waals surface area contributed by atoms with Gasteiger partial charge in [0.25, 0.3) is 0 Å². The minimum absolute atomic E-state index is 0.431. The number of hydrogen-bond acceptors (Lipinski definition) is 5. The van der Waals surface area contributed by atoms with E-state index in [4.69, 9.17) is 4.74 Å². The van der Waals surface area contributed by atoms with Crippen molar-refractivity contribution in [2.75, 3.05) is 6.54 Å². The lowest BCUT2D eigenvalue weighted by molar-refractivity contribution is -0.201. The molecule has 1 fully saturated rings. The second kappa shape index (κ2) is 5.45. The monoisotopic (exact) mass is 302 g/mol. The predicted molar refractivity (Wildman–Crippen MR) is 62.7 cm³/mol. The van der Waals surface area contributed by atoms with Gasteiger partial charge in [-0.2, -0.15) is 13.2 Å². The van der Waals surface area contributed by atoms with Gasteiger partial charge in [0.1, 0.15) is 17.6 Å². The van der Waals surface area contributed by atoms with E-state index in [1.165, 1.54) is 0 Å². The highest BCUT2D eigenvalue weighted by molar-refractivity contribution is 8.14. The summed E-state index contributed by atoms with van der Waals surface area (Å²) in [4.78, 5) is 3.99. The fourth-order valence-corrected chi connectivity index (χ4v) is 3.21. The van der Waals surface area contributed by atoms with Gasteiger partial charge < -0.3 is 15.2 Å². The van der Waals surface area contributed by atoms with Gasteiger partial charge in [0.15, 0.2) is 11.3 Å². The van der Waals surface area contributed by atoms with E-state index < -0.39 is 42.5 Å². The van der Waals surface area contributed by atoms with Gasteiger partial charge >= 0.3 is 6.18 Å². The molecule has 0 saturated carbocycles. The van der Waals surface area contributed by atoms with E-state index in [0.717, 1.165) is 11.8 Å². The third kappa shape index (κ3) is 3.32. The van der Waals surface area contributed by atoms with Crippen LogP contribution in [0.1, 0.15) is 13.3 Å². The number of halogens is 4. The van der Waals surface area contributed by atoms with Crippen molar-refractivity contribution in [3.05, 3.63) is 0 Å². The minimum Gasteiger partial charge on any atom is -0.387 e. The first-order valence-corrected chi connectivity index (χ1v) is 6.72. The number of amidine groups is 1. The summed E-state index contributed by atoms with van der Waals surface area (Å²) in [5.41, 5.74) is -0.820. The van der Waals surface area contributed by atoms with Crippen LogP contribution in [0.3, 0.4) is 0 Å². The number of nitrogens with zero attached hydrogens (tertiary/aromatic N) is 1. The molecule has 0 radical (unpaired) electrons. The van der Waals surface area contributed by atoms with Crippen molar-refractivity contribution < 1.29 is 27.4 Å². The second-order valence-electron chi connectivity index (χ2n) is 4.37. The van der Waals surface area contributed by atoms with Gasteiger partial charge in [-0.3, -0.25) is 4.99 Å². The molecule has 2 aliphatic heterocycles. The van der Waals surface area contributed by atoms with Crippen LogP contribution in [0.5, 0.6) is 0 Å². The topological polar surface area (TPSA) is 53.9 Å². The van der Waals surface area contributed by atoms with Crippen molar-refractivity contribution in [1.82, 2.24) is 5.32 Å². The number of rotatable bonds is 2. The predicted octanol–water partition coefficient (Wildman–Crippen LogP) is 1.44. The highest BCUT2D eigenvalue weighted by atomic mass is 32.2. The van der Waals surface area contributed by atoms with E-state index in [2.05, 4.69) is 10.3 Å². The number of fused-ring (bicyclic) bond motifs is 1. The number of alkyl halides is 4. The molecule has 9 heteroatoms. The minimum atomic E-state index is -4.51. The lowest BCUT2D eigenvalue weighted by Crippen LogP contribution is -2.53. The summed E-state index contributed by atoms with van der Waals surface area (Å²) in [6.07, 6.45) is -11.1. The van der Waals surface area contributed by atoms with Crippen molar-refractivity contribution in [3.8, 4) is 0 Å². The molecule has 2 aliphatic rings. The number of aliphatic hydroxyl groups is 1. The highest BCUT2D eigenvalue weighted by Gasteiger charge is 2.51. The Hall–Kier alpha value is -0.540. The Morgan fingerprint density at radius 2 is 2.16 bits per heavy atom. The lowest BCUT2D eigenvalue weighted by Gasteiger charge is -2.37. The molecule has 4 nitrogen and oxygen atoms in total. The molecule has 0 aromatic carbocycles. The molecule has 2 N–H and O–H groups in total. The summed E-state index contributed by atoms with van der Waals surface area (Å²) in [6, 6.07) is -0.960. The van der Waals surface area contributed by atoms with Gasteiger partial charge in [-0.15, -0.1) is 0 Å². The van der Waals surface area contributed by atoms with E-state index >= 15 is 0 Å². The maximum absolute atomic E-state index is 13.9. The van der Waals surface area contributed by atoms with Gasteiger partial charge in [-0.1, -0.05) is 11.8 Å². The Bertz CT molecular complexity index is 366. The first kappa shape index (κ1) is 14.9. The summed E-state index contributed by atoms with van der Waals surface area (Å²) in [7, 11) is 0. The lowest BCUT2D eigenvalue weighted by atomic mass is 9.97. The molecule has 2 rings (SSSR count). The average molecular weight is 302 g/mol. The number of nitrogens with one attached hydrogen (secondary N) is 1. The number of aliphatic imine (C=N–C) groups is 1. The van der Waals surface area contributed by atoms with Gasteiger partial charge in [-0.05, 0) is 6.92 Å². The molecule has 19 heavy (non-hydrogen) atoms. The number of thioether (sulfide) groups is 1. The Kier molecular flexibility index (Phi) is 4.26. The SMILES string of the molecule is CCNC1=N[C@@H]2[C@H](F)[C@H](O)[C@@H](CC(F)(F)F)O[C@@H]2S1. The average Bonchev–Trinajstić information content (AvgIpc) is 2.67. The fraction of sp³-hybridized carbons (Fsp3) is 0.900. The van der Waals surface area contributed by atoms with Crippen LogP contribution in [-0.2, 0) is 4.74 Å². The van der Waals surface area contributed by atoms with Crippen molar-refractivity contribution in [3.63, 3.8) is 0 Å². The Balaban J connectivity index is 2.06. The first-order valence-electron chi connectivity index (χ1n) is 5.84. The zero-order chi connectivity index (χ0) is 14.2. The molecule has 0 aliphatic carbocycles. The van der Waals surface area contributed by atoms with Gasteiger partial charge in [-0.25, -0.2) is 4.39 Å². The molecule has 0 spiro atoms. The van der Waals surface area contributed by atoms with Crippen molar-refractivity contribution >= 4 is 16.9 Å². The van der Waals surface area contributed by atoms with Gasteiger partial charge in [0.05, 0.1) is 12.5 Å². The van der Waals surface area contributed by atoms with Crippen LogP contribution in [0.25, 0.3) is 0 Å². The molecule has 0 aromatic heterocycles. The Morgan fingerprint density at radius 1 is 1.47 bits per heavy atom. The summed E-state index contributed by atoms with van der Waals surface area (Å²) in [5, 5.41) is 12.9. The maximum Gasteiger partial charge on any atom is 0.391 e. The molecular formula is C10H14F4N2O2S. The van der Waals surface area contributed by atoms with Crippen LogP contribution < -0.4 is 5.32 Å². The molecule has 1 saturated heterocycles. The van der Waals surface area contributed by atoms with Gasteiger partial charge in [0.2, 0.25) is 0 Å².